The quantitative estimate of drug-likeness (QED) is 0.775. The van der Waals surface area contributed by atoms with Crippen LogP contribution in [0.4, 0.5) is 5.69 Å². The molecule has 1 aromatic carbocycles. The highest BCUT2D eigenvalue weighted by Gasteiger charge is 2.24. The molecule has 1 amide bonds. The van der Waals surface area contributed by atoms with Gasteiger partial charge in [-0.05, 0) is 30.2 Å². The second-order valence-corrected chi connectivity index (χ2v) is 7.11. The van der Waals surface area contributed by atoms with Crippen molar-refractivity contribution in [1.82, 2.24) is 9.47 Å². The summed E-state index contributed by atoms with van der Waals surface area (Å²) in [5.74, 6) is 0.839. The van der Waals surface area contributed by atoms with Gasteiger partial charge in [-0.25, -0.2) is 0 Å². The van der Waals surface area contributed by atoms with Gasteiger partial charge in [0.2, 0.25) is 5.91 Å². The summed E-state index contributed by atoms with van der Waals surface area (Å²) in [5.41, 5.74) is 0.710. The van der Waals surface area contributed by atoms with Gasteiger partial charge < -0.3 is 19.4 Å². The molecule has 146 valence electrons. The van der Waals surface area contributed by atoms with Crippen LogP contribution in [-0.2, 0) is 9.53 Å². The fourth-order valence-corrected chi connectivity index (χ4v) is 3.33. The monoisotopic (exact) mass is 371 g/mol. The summed E-state index contributed by atoms with van der Waals surface area (Å²) in [5, 5.41) is 3.05. The minimum absolute atomic E-state index is 0.0366. The minimum Gasteiger partial charge on any atom is -0.490 e. The smallest absolute Gasteiger partial charge is 0.247 e. The maximum Gasteiger partial charge on any atom is 0.247 e. The minimum atomic E-state index is -0.263. The molecule has 2 heterocycles. The number of para-hydroxylation sites is 2. The lowest BCUT2D eigenvalue weighted by Gasteiger charge is -2.26. The Balaban J connectivity index is 1.61. The van der Waals surface area contributed by atoms with E-state index in [-0.39, 0.29) is 17.9 Å². The second-order valence-electron chi connectivity index (χ2n) is 7.11. The standard InChI is InChI=1S/C21H29N3O3/c1-17(2)20(24-9-5-6-10-24)21(25)22-18-7-3-4-8-19(18)27-16-13-23-11-14-26-15-12-23/h3-10,17,20H,11-16H2,1-2H3,(H,22,25)/t20-/m0/s1. The first-order valence-electron chi connectivity index (χ1n) is 9.60. The molecule has 1 aromatic heterocycles. The van der Waals surface area contributed by atoms with Gasteiger partial charge in [-0.3, -0.25) is 9.69 Å². The van der Waals surface area contributed by atoms with Gasteiger partial charge in [-0.1, -0.05) is 26.0 Å². The third-order valence-corrected chi connectivity index (χ3v) is 4.76. The van der Waals surface area contributed by atoms with Gasteiger partial charge in [-0.15, -0.1) is 0 Å². The summed E-state index contributed by atoms with van der Waals surface area (Å²) in [7, 11) is 0. The Labute approximate surface area is 161 Å². The fraction of sp³-hybridized carbons (Fsp3) is 0.476. The highest BCUT2D eigenvalue weighted by Crippen LogP contribution is 2.27. The Hall–Kier alpha value is -2.31. The van der Waals surface area contributed by atoms with Crippen molar-refractivity contribution in [3.05, 3.63) is 48.8 Å². The van der Waals surface area contributed by atoms with E-state index in [4.69, 9.17) is 9.47 Å². The zero-order chi connectivity index (χ0) is 19.1. The number of amides is 1. The van der Waals surface area contributed by atoms with Gasteiger partial charge >= 0.3 is 0 Å². The molecule has 0 spiro atoms. The number of carbonyl (C=O) groups is 1. The number of morpholine rings is 1. The van der Waals surface area contributed by atoms with Crippen LogP contribution in [0.3, 0.4) is 0 Å². The van der Waals surface area contributed by atoms with Crippen molar-refractivity contribution >= 4 is 11.6 Å². The van der Waals surface area contributed by atoms with E-state index in [1.54, 1.807) is 0 Å². The summed E-state index contributed by atoms with van der Waals surface area (Å²) in [6.45, 7) is 8.97. The van der Waals surface area contributed by atoms with Crippen LogP contribution in [0.2, 0.25) is 0 Å². The summed E-state index contributed by atoms with van der Waals surface area (Å²) < 4.78 is 13.3. The van der Waals surface area contributed by atoms with Crippen LogP contribution < -0.4 is 10.1 Å². The van der Waals surface area contributed by atoms with Crippen molar-refractivity contribution in [3.63, 3.8) is 0 Å². The average Bonchev–Trinajstić information content (AvgIpc) is 3.18. The summed E-state index contributed by atoms with van der Waals surface area (Å²) in [4.78, 5) is 15.2. The Bertz CT molecular complexity index is 709. The van der Waals surface area contributed by atoms with Crippen molar-refractivity contribution in [1.29, 1.82) is 0 Å². The molecule has 1 fully saturated rings. The molecule has 0 bridgehead atoms. The van der Waals surface area contributed by atoms with Gasteiger partial charge in [0, 0.05) is 32.0 Å². The first kappa shape index (κ1) is 19.5. The fourth-order valence-electron chi connectivity index (χ4n) is 3.33. The summed E-state index contributed by atoms with van der Waals surface area (Å²) in [6.07, 6.45) is 3.85. The lowest BCUT2D eigenvalue weighted by atomic mass is 10.0. The molecular formula is C21H29N3O3. The zero-order valence-corrected chi connectivity index (χ0v) is 16.1. The highest BCUT2D eigenvalue weighted by atomic mass is 16.5. The Morgan fingerprint density at radius 3 is 2.56 bits per heavy atom. The molecule has 6 heteroatoms. The SMILES string of the molecule is CC(C)[C@@H](C(=O)Nc1ccccc1OCCN1CCOCC1)n1cccc1. The second kappa shape index (κ2) is 9.58. The summed E-state index contributed by atoms with van der Waals surface area (Å²) >= 11 is 0. The molecule has 1 aliphatic rings. The van der Waals surface area contributed by atoms with Crippen LogP contribution in [0.25, 0.3) is 0 Å². The predicted molar refractivity (Wildman–Crippen MR) is 106 cm³/mol. The molecule has 0 aliphatic carbocycles. The number of nitrogens with one attached hydrogen (secondary N) is 1. The molecule has 2 aromatic rings. The molecule has 1 N–H and O–H groups in total. The van der Waals surface area contributed by atoms with Crippen molar-refractivity contribution in [2.24, 2.45) is 5.92 Å². The van der Waals surface area contributed by atoms with Crippen LogP contribution in [0, 0.1) is 5.92 Å². The van der Waals surface area contributed by atoms with Crippen molar-refractivity contribution in [2.75, 3.05) is 44.8 Å². The maximum absolute atomic E-state index is 12.9. The average molecular weight is 371 g/mol. The maximum atomic E-state index is 12.9. The highest BCUT2D eigenvalue weighted by molar-refractivity contribution is 5.95. The molecular weight excluding hydrogens is 342 g/mol. The van der Waals surface area contributed by atoms with Crippen molar-refractivity contribution in [3.8, 4) is 5.75 Å². The molecule has 6 nitrogen and oxygen atoms in total. The van der Waals surface area contributed by atoms with E-state index in [0.29, 0.717) is 18.0 Å². The third-order valence-electron chi connectivity index (χ3n) is 4.76. The number of ether oxygens (including phenoxy) is 2. The van der Waals surface area contributed by atoms with Crippen LogP contribution in [0.15, 0.2) is 48.8 Å². The molecule has 3 rings (SSSR count). The van der Waals surface area contributed by atoms with E-state index in [0.717, 1.165) is 32.8 Å². The van der Waals surface area contributed by atoms with E-state index in [2.05, 4.69) is 24.1 Å². The number of benzene rings is 1. The molecule has 0 saturated carbocycles. The number of carbonyl (C=O) groups excluding carboxylic acids is 1. The number of hydrogen-bond acceptors (Lipinski definition) is 4. The van der Waals surface area contributed by atoms with E-state index in [1.807, 2.05) is 53.4 Å². The van der Waals surface area contributed by atoms with E-state index in [9.17, 15) is 4.79 Å². The number of hydrogen-bond donors (Lipinski definition) is 1. The molecule has 27 heavy (non-hydrogen) atoms. The molecule has 0 unspecified atom stereocenters. The topological polar surface area (TPSA) is 55.7 Å². The van der Waals surface area contributed by atoms with Gasteiger partial charge in [0.15, 0.2) is 0 Å². The lowest BCUT2D eigenvalue weighted by Crippen LogP contribution is -2.38. The van der Waals surface area contributed by atoms with Crippen LogP contribution in [0.5, 0.6) is 5.75 Å². The van der Waals surface area contributed by atoms with Crippen LogP contribution in [-0.4, -0.2) is 54.8 Å². The van der Waals surface area contributed by atoms with Crippen LogP contribution >= 0.6 is 0 Å². The number of aromatic nitrogens is 1. The number of rotatable bonds is 8. The Morgan fingerprint density at radius 2 is 1.85 bits per heavy atom. The molecule has 1 aliphatic heterocycles. The van der Waals surface area contributed by atoms with E-state index >= 15 is 0 Å². The Kier molecular flexibility index (Phi) is 6.90. The van der Waals surface area contributed by atoms with Gasteiger partial charge in [0.1, 0.15) is 18.4 Å². The number of nitrogens with zero attached hydrogens (tertiary/aromatic N) is 2. The molecule has 1 saturated heterocycles. The summed E-state index contributed by atoms with van der Waals surface area (Å²) in [6, 6.07) is 11.2. The van der Waals surface area contributed by atoms with Gasteiger partial charge in [-0.2, -0.15) is 0 Å². The first-order chi connectivity index (χ1) is 13.1. The van der Waals surface area contributed by atoms with Gasteiger partial charge in [0.25, 0.3) is 0 Å². The Morgan fingerprint density at radius 1 is 1.15 bits per heavy atom. The lowest BCUT2D eigenvalue weighted by molar-refractivity contribution is -0.120. The first-order valence-corrected chi connectivity index (χ1v) is 9.60. The van der Waals surface area contributed by atoms with Crippen molar-refractivity contribution < 1.29 is 14.3 Å². The number of anilines is 1. The van der Waals surface area contributed by atoms with Crippen LogP contribution in [0.1, 0.15) is 19.9 Å². The normalized spacial score (nSPS) is 16.3. The van der Waals surface area contributed by atoms with E-state index < -0.39 is 0 Å². The van der Waals surface area contributed by atoms with Crippen molar-refractivity contribution in [2.45, 2.75) is 19.9 Å². The van der Waals surface area contributed by atoms with E-state index in [1.165, 1.54) is 0 Å². The predicted octanol–water partition coefficient (Wildman–Crippen LogP) is 3.03. The molecule has 1 atom stereocenters. The van der Waals surface area contributed by atoms with Gasteiger partial charge in [0.05, 0.1) is 18.9 Å². The molecule has 0 radical (unpaired) electrons. The third kappa shape index (κ3) is 5.34. The largest absolute Gasteiger partial charge is 0.490 e. The zero-order valence-electron chi connectivity index (χ0n) is 16.1.